The molecule has 0 bridgehead atoms. The minimum atomic E-state index is -0.101. The summed E-state index contributed by atoms with van der Waals surface area (Å²) in [5.41, 5.74) is 1.65. The van der Waals surface area contributed by atoms with E-state index in [-0.39, 0.29) is 6.29 Å². The van der Waals surface area contributed by atoms with E-state index in [1.807, 2.05) is 31.3 Å². The summed E-state index contributed by atoms with van der Waals surface area (Å²) < 4.78 is 11.0. The summed E-state index contributed by atoms with van der Waals surface area (Å²) in [6.45, 7) is 2.37. The van der Waals surface area contributed by atoms with Gasteiger partial charge in [0.1, 0.15) is 6.07 Å². The van der Waals surface area contributed by atoms with Gasteiger partial charge in [0.25, 0.3) is 0 Å². The maximum absolute atomic E-state index is 9.06. The lowest BCUT2D eigenvalue weighted by Crippen LogP contribution is -2.30. The zero-order valence-corrected chi connectivity index (χ0v) is 10.6. The zero-order chi connectivity index (χ0) is 12.8. The molecule has 0 aliphatic carbocycles. The van der Waals surface area contributed by atoms with Crippen molar-refractivity contribution in [2.24, 2.45) is 0 Å². The van der Waals surface area contributed by atoms with Gasteiger partial charge in [0, 0.05) is 20.0 Å². The van der Waals surface area contributed by atoms with Gasteiger partial charge in [-0.25, -0.2) is 0 Å². The molecule has 0 N–H and O–H groups in total. The molecule has 4 heteroatoms. The lowest BCUT2D eigenvalue weighted by molar-refractivity contribution is -0.179. The van der Waals surface area contributed by atoms with Gasteiger partial charge in [-0.3, -0.25) is 0 Å². The first kappa shape index (κ1) is 12.9. The van der Waals surface area contributed by atoms with E-state index < -0.39 is 0 Å². The van der Waals surface area contributed by atoms with Crippen LogP contribution < -0.4 is 4.90 Å². The number of benzene rings is 1. The van der Waals surface area contributed by atoms with Gasteiger partial charge in [0.05, 0.1) is 24.5 Å². The van der Waals surface area contributed by atoms with Crippen LogP contribution in [0.1, 0.15) is 18.4 Å². The van der Waals surface area contributed by atoms with Crippen molar-refractivity contribution in [3.63, 3.8) is 0 Å². The predicted molar refractivity (Wildman–Crippen MR) is 69.4 cm³/mol. The van der Waals surface area contributed by atoms with Crippen LogP contribution in [-0.2, 0) is 9.47 Å². The van der Waals surface area contributed by atoms with Crippen molar-refractivity contribution in [2.75, 3.05) is 31.7 Å². The second-order valence-corrected chi connectivity index (χ2v) is 4.36. The van der Waals surface area contributed by atoms with Crippen molar-refractivity contribution in [3.05, 3.63) is 29.8 Å². The molecular formula is C14H18N2O2. The number of rotatable bonds is 4. The van der Waals surface area contributed by atoms with Crippen LogP contribution in [0, 0.1) is 11.3 Å². The molecule has 1 aliphatic heterocycles. The van der Waals surface area contributed by atoms with Gasteiger partial charge in [0.15, 0.2) is 6.29 Å². The molecule has 0 unspecified atom stereocenters. The molecule has 1 aliphatic rings. The molecule has 0 radical (unpaired) electrons. The Morgan fingerprint density at radius 3 is 2.78 bits per heavy atom. The number of hydrogen-bond donors (Lipinski definition) is 0. The molecule has 1 aromatic rings. The normalized spacial score (nSPS) is 16.2. The largest absolute Gasteiger partial charge is 0.373 e. The highest BCUT2D eigenvalue weighted by Crippen LogP contribution is 2.19. The van der Waals surface area contributed by atoms with Gasteiger partial charge in [0.2, 0.25) is 0 Å². The Morgan fingerprint density at radius 1 is 1.33 bits per heavy atom. The van der Waals surface area contributed by atoms with Crippen molar-refractivity contribution < 1.29 is 9.47 Å². The monoisotopic (exact) mass is 246 g/mol. The molecule has 0 saturated carbocycles. The summed E-state index contributed by atoms with van der Waals surface area (Å²) in [6.07, 6.45) is 1.69. The van der Waals surface area contributed by atoms with E-state index in [9.17, 15) is 0 Å². The molecule has 1 fully saturated rings. The van der Waals surface area contributed by atoms with Gasteiger partial charge in [-0.2, -0.15) is 5.26 Å². The fraction of sp³-hybridized carbons (Fsp3) is 0.500. The van der Waals surface area contributed by atoms with Gasteiger partial charge >= 0.3 is 0 Å². The van der Waals surface area contributed by atoms with Crippen molar-refractivity contribution in [3.8, 4) is 6.07 Å². The number of nitriles is 1. The van der Waals surface area contributed by atoms with Crippen LogP contribution in [0.15, 0.2) is 24.3 Å². The molecule has 1 saturated heterocycles. The summed E-state index contributed by atoms with van der Waals surface area (Å²) in [4.78, 5) is 2.07. The molecule has 1 aromatic carbocycles. The summed E-state index contributed by atoms with van der Waals surface area (Å²) in [6, 6.07) is 9.83. The van der Waals surface area contributed by atoms with Crippen molar-refractivity contribution >= 4 is 5.69 Å². The number of nitrogens with zero attached hydrogens (tertiary/aromatic N) is 2. The molecule has 4 nitrogen and oxygen atoms in total. The Bertz CT molecular complexity index is 422. The molecule has 0 atom stereocenters. The molecule has 0 spiro atoms. The van der Waals surface area contributed by atoms with Gasteiger partial charge < -0.3 is 14.4 Å². The average molecular weight is 246 g/mol. The smallest absolute Gasteiger partial charge is 0.159 e. The van der Waals surface area contributed by atoms with E-state index in [1.165, 1.54) is 0 Å². The first-order valence-corrected chi connectivity index (χ1v) is 6.25. The summed E-state index contributed by atoms with van der Waals surface area (Å²) >= 11 is 0. The molecule has 18 heavy (non-hydrogen) atoms. The molecule has 2 rings (SSSR count). The Hall–Kier alpha value is -1.57. The van der Waals surface area contributed by atoms with Crippen molar-refractivity contribution in [1.29, 1.82) is 5.26 Å². The Kier molecular flexibility index (Phi) is 4.57. The maximum atomic E-state index is 9.06. The van der Waals surface area contributed by atoms with E-state index in [4.69, 9.17) is 14.7 Å². The minimum absolute atomic E-state index is 0.101. The van der Waals surface area contributed by atoms with Crippen LogP contribution in [-0.4, -0.2) is 33.1 Å². The number of para-hydroxylation sites is 1. The summed E-state index contributed by atoms with van der Waals surface area (Å²) in [5.74, 6) is 0. The second-order valence-electron chi connectivity index (χ2n) is 4.36. The van der Waals surface area contributed by atoms with Crippen LogP contribution >= 0.6 is 0 Å². The first-order valence-electron chi connectivity index (χ1n) is 6.25. The Labute approximate surface area is 108 Å². The lowest BCUT2D eigenvalue weighted by Gasteiger charge is -2.26. The van der Waals surface area contributed by atoms with E-state index in [1.54, 1.807) is 0 Å². The van der Waals surface area contributed by atoms with Crippen LogP contribution in [0.25, 0.3) is 0 Å². The third-order valence-electron chi connectivity index (χ3n) is 3.03. The highest BCUT2D eigenvalue weighted by Gasteiger charge is 2.15. The molecule has 96 valence electrons. The Morgan fingerprint density at radius 2 is 2.06 bits per heavy atom. The number of hydrogen-bond acceptors (Lipinski definition) is 4. The van der Waals surface area contributed by atoms with E-state index in [0.717, 1.165) is 38.3 Å². The van der Waals surface area contributed by atoms with Crippen LogP contribution in [0.2, 0.25) is 0 Å². The van der Waals surface area contributed by atoms with Gasteiger partial charge in [-0.15, -0.1) is 0 Å². The van der Waals surface area contributed by atoms with Crippen LogP contribution in [0.3, 0.4) is 0 Å². The van der Waals surface area contributed by atoms with Gasteiger partial charge in [-0.05, 0) is 18.6 Å². The maximum Gasteiger partial charge on any atom is 0.159 e. The number of ether oxygens (including phenoxy) is 2. The molecule has 0 amide bonds. The SMILES string of the molecule is CN(CCC1OCCCO1)c1ccccc1C#N. The number of anilines is 1. The topological polar surface area (TPSA) is 45.5 Å². The van der Waals surface area contributed by atoms with E-state index >= 15 is 0 Å². The highest BCUT2D eigenvalue weighted by atomic mass is 16.7. The Balaban J connectivity index is 1.91. The third kappa shape index (κ3) is 3.22. The minimum Gasteiger partial charge on any atom is -0.373 e. The molecular weight excluding hydrogens is 228 g/mol. The zero-order valence-electron chi connectivity index (χ0n) is 10.6. The standard InChI is InChI=1S/C14H18N2O2/c1-16(8-7-14-17-9-4-10-18-14)13-6-3-2-5-12(13)11-15/h2-3,5-6,14H,4,7-10H2,1H3. The van der Waals surface area contributed by atoms with Crippen molar-refractivity contribution in [2.45, 2.75) is 19.1 Å². The van der Waals surface area contributed by atoms with Crippen molar-refractivity contribution in [1.82, 2.24) is 0 Å². The molecule has 1 heterocycles. The summed E-state index contributed by atoms with van der Waals surface area (Å²) in [7, 11) is 1.99. The van der Waals surface area contributed by atoms with E-state index in [2.05, 4.69) is 11.0 Å². The van der Waals surface area contributed by atoms with Crippen LogP contribution in [0.5, 0.6) is 0 Å². The quantitative estimate of drug-likeness (QED) is 0.816. The third-order valence-corrected chi connectivity index (χ3v) is 3.03. The fourth-order valence-electron chi connectivity index (χ4n) is 2.02. The average Bonchev–Trinajstić information content (AvgIpc) is 2.45. The highest BCUT2D eigenvalue weighted by molar-refractivity contribution is 5.58. The lowest BCUT2D eigenvalue weighted by atomic mass is 10.2. The second kappa shape index (κ2) is 6.39. The fourth-order valence-corrected chi connectivity index (χ4v) is 2.02. The first-order chi connectivity index (χ1) is 8.81. The van der Waals surface area contributed by atoms with Gasteiger partial charge in [-0.1, -0.05) is 12.1 Å². The predicted octanol–water partition coefficient (Wildman–Crippen LogP) is 2.15. The molecule has 0 aromatic heterocycles. The van der Waals surface area contributed by atoms with E-state index in [0.29, 0.717) is 5.56 Å². The van der Waals surface area contributed by atoms with Crippen LogP contribution in [0.4, 0.5) is 5.69 Å². The summed E-state index contributed by atoms with van der Waals surface area (Å²) in [5, 5.41) is 9.06.